The first-order valence-corrected chi connectivity index (χ1v) is 8.22. The second-order valence-corrected chi connectivity index (χ2v) is 7.09. The van der Waals surface area contributed by atoms with Gasteiger partial charge in [0.1, 0.15) is 4.90 Å². The molecule has 1 aromatic carbocycles. The Balaban J connectivity index is 2.39. The summed E-state index contributed by atoms with van der Waals surface area (Å²) in [7, 11) is -1.67. The van der Waals surface area contributed by atoms with Crippen molar-refractivity contribution in [2.75, 3.05) is 20.1 Å². The first-order chi connectivity index (χ1) is 8.98. The number of likely N-dealkylation sites (N-methyl/N-ethyl adjacent to an activating group) is 1. The van der Waals surface area contributed by atoms with Gasteiger partial charge in [-0.1, -0.05) is 23.7 Å². The lowest BCUT2D eigenvalue weighted by Crippen LogP contribution is -2.40. The highest BCUT2D eigenvalue weighted by molar-refractivity contribution is 7.89. The molecule has 0 radical (unpaired) electrons. The van der Waals surface area contributed by atoms with Crippen molar-refractivity contribution >= 4 is 21.6 Å². The molecule has 0 spiro atoms. The molecular formula is C13H19ClN2O2S. The molecule has 106 valence electrons. The molecule has 1 saturated heterocycles. The number of aryl methyl sites for hydroxylation is 1. The minimum Gasteiger partial charge on any atom is -0.318 e. The molecule has 1 aliphatic heterocycles. The van der Waals surface area contributed by atoms with Crippen LogP contribution in [0.3, 0.4) is 0 Å². The standard InChI is InChI=1S/C13H19ClN2O2S/c1-10-5-3-7-12(13(10)14)19(17,18)16-8-4-6-11(16)9-15-2/h3,5,7,11,15H,4,6,8-9H2,1-2H3. The Morgan fingerprint density at radius 1 is 1.47 bits per heavy atom. The number of rotatable bonds is 4. The highest BCUT2D eigenvalue weighted by atomic mass is 35.5. The fraction of sp³-hybridized carbons (Fsp3) is 0.538. The fourth-order valence-corrected chi connectivity index (χ4v) is 4.76. The van der Waals surface area contributed by atoms with Crippen molar-refractivity contribution in [1.82, 2.24) is 9.62 Å². The van der Waals surface area contributed by atoms with Gasteiger partial charge in [0.25, 0.3) is 0 Å². The third-order valence-corrected chi connectivity index (χ3v) is 6.11. The van der Waals surface area contributed by atoms with Crippen LogP contribution in [0.4, 0.5) is 0 Å². The van der Waals surface area contributed by atoms with Gasteiger partial charge in [0.05, 0.1) is 5.02 Å². The highest BCUT2D eigenvalue weighted by Gasteiger charge is 2.35. The van der Waals surface area contributed by atoms with Crippen LogP contribution in [-0.2, 0) is 10.0 Å². The minimum absolute atomic E-state index is 0.0200. The number of halogens is 1. The van der Waals surface area contributed by atoms with E-state index in [4.69, 9.17) is 11.6 Å². The fourth-order valence-electron chi connectivity index (χ4n) is 2.51. The van der Waals surface area contributed by atoms with Gasteiger partial charge in [0.2, 0.25) is 10.0 Å². The molecule has 1 unspecified atom stereocenters. The SMILES string of the molecule is CNCC1CCCN1S(=O)(=O)c1cccc(C)c1Cl. The average Bonchev–Trinajstić information content (AvgIpc) is 2.82. The summed E-state index contributed by atoms with van der Waals surface area (Å²) in [5, 5.41) is 3.38. The van der Waals surface area contributed by atoms with Crippen LogP contribution in [0.5, 0.6) is 0 Å². The summed E-state index contributed by atoms with van der Waals surface area (Å²) in [5.74, 6) is 0. The number of hydrogen-bond donors (Lipinski definition) is 1. The maximum absolute atomic E-state index is 12.7. The monoisotopic (exact) mass is 302 g/mol. The predicted octanol–water partition coefficient (Wildman–Crippen LogP) is 2.02. The van der Waals surface area contributed by atoms with Crippen molar-refractivity contribution in [1.29, 1.82) is 0 Å². The second kappa shape index (κ2) is 5.79. The molecule has 1 heterocycles. The lowest BCUT2D eigenvalue weighted by atomic mass is 10.2. The molecule has 0 saturated carbocycles. The van der Waals surface area contributed by atoms with Crippen LogP contribution in [0.15, 0.2) is 23.1 Å². The highest BCUT2D eigenvalue weighted by Crippen LogP contribution is 2.31. The van der Waals surface area contributed by atoms with Crippen LogP contribution < -0.4 is 5.32 Å². The number of nitrogens with one attached hydrogen (secondary N) is 1. The van der Waals surface area contributed by atoms with E-state index in [-0.39, 0.29) is 10.9 Å². The Kier molecular flexibility index (Phi) is 4.50. The van der Waals surface area contributed by atoms with E-state index in [2.05, 4.69) is 5.32 Å². The Labute approximate surface area is 119 Å². The molecule has 4 nitrogen and oxygen atoms in total. The molecule has 1 aliphatic rings. The Morgan fingerprint density at radius 3 is 2.89 bits per heavy atom. The zero-order chi connectivity index (χ0) is 14.0. The van der Waals surface area contributed by atoms with Crippen LogP contribution in [-0.4, -0.2) is 38.9 Å². The van der Waals surface area contributed by atoms with Gasteiger partial charge < -0.3 is 5.32 Å². The van der Waals surface area contributed by atoms with Gasteiger partial charge >= 0.3 is 0 Å². The van der Waals surface area contributed by atoms with Crippen molar-refractivity contribution in [3.8, 4) is 0 Å². The van der Waals surface area contributed by atoms with Crippen LogP contribution >= 0.6 is 11.6 Å². The van der Waals surface area contributed by atoms with Crippen molar-refractivity contribution in [3.05, 3.63) is 28.8 Å². The summed E-state index contributed by atoms with van der Waals surface area (Å²) >= 11 is 6.16. The smallest absolute Gasteiger partial charge is 0.244 e. The molecule has 1 aromatic rings. The van der Waals surface area contributed by atoms with Crippen molar-refractivity contribution in [2.45, 2.75) is 30.7 Å². The summed E-state index contributed by atoms with van der Waals surface area (Å²) in [6.45, 7) is 3.05. The van der Waals surface area contributed by atoms with Crippen LogP contribution in [0.25, 0.3) is 0 Å². The minimum atomic E-state index is -3.50. The largest absolute Gasteiger partial charge is 0.318 e. The number of sulfonamides is 1. The van der Waals surface area contributed by atoms with E-state index in [0.29, 0.717) is 18.1 Å². The summed E-state index contributed by atoms with van der Waals surface area (Å²) in [6, 6.07) is 5.15. The van der Waals surface area contributed by atoms with Crippen LogP contribution in [0.1, 0.15) is 18.4 Å². The van der Waals surface area contributed by atoms with E-state index in [9.17, 15) is 8.42 Å². The van der Waals surface area contributed by atoms with E-state index >= 15 is 0 Å². The van der Waals surface area contributed by atoms with Crippen LogP contribution in [0, 0.1) is 6.92 Å². The summed E-state index contributed by atoms with van der Waals surface area (Å²) in [6.07, 6.45) is 1.79. The molecule has 1 fully saturated rings. The Morgan fingerprint density at radius 2 is 2.21 bits per heavy atom. The van der Waals surface area contributed by atoms with E-state index in [0.717, 1.165) is 18.4 Å². The molecule has 6 heteroatoms. The number of hydrogen-bond acceptors (Lipinski definition) is 3. The quantitative estimate of drug-likeness (QED) is 0.926. The topological polar surface area (TPSA) is 49.4 Å². The zero-order valence-corrected chi connectivity index (χ0v) is 12.8. The maximum Gasteiger partial charge on any atom is 0.244 e. The van der Waals surface area contributed by atoms with Gasteiger partial charge in [-0.25, -0.2) is 8.42 Å². The molecule has 1 atom stereocenters. The Hall–Kier alpha value is -0.620. The molecule has 2 rings (SSSR count). The Bertz CT molecular complexity index is 560. The predicted molar refractivity (Wildman–Crippen MR) is 77.0 cm³/mol. The van der Waals surface area contributed by atoms with Crippen molar-refractivity contribution < 1.29 is 8.42 Å². The van der Waals surface area contributed by atoms with Gasteiger partial charge in [0.15, 0.2) is 0 Å². The maximum atomic E-state index is 12.7. The molecule has 1 N–H and O–H groups in total. The third-order valence-electron chi connectivity index (χ3n) is 3.51. The van der Waals surface area contributed by atoms with Crippen molar-refractivity contribution in [2.24, 2.45) is 0 Å². The third kappa shape index (κ3) is 2.79. The van der Waals surface area contributed by atoms with E-state index < -0.39 is 10.0 Å². The lowest BCUT2D eigenvalue weighted by molar-refractivity contribution is 0.379. The van der Waals surface area contributed by atoms with Gasteiger partial charge in [-0.15, -0.1) is 0 Å². The van der Waals surface area contributed by atoms with Crippen LogP contribution in [0.2, 0.25) is 5.02 Å². The first kappa shape index (κ1) is 14.8. The lowest BCUT2D eigenvalue weighted by Gasteiger charge is -2.24. The second-order valence-electron chi connectivity index (χ2n) is 4.86. The molecule has 0 aromatic heterocycles. The van der Waals surface area contributed by atoms with Gasteiger partial charge in [-0.05, 0) is 38.4 Å². The summed E-state index contributed by atoms with van der Waals surface area (Å²) < 4.78 is 27.0. The summed E-state index contributed by atoms with van der Waals surface area (Å²) in [4.78, 5) is 0.220. The van der Waals surface area contributed by atoms with Gasteiger partial charge in [-0.2, -0.15) is 4.31 Å². The molecule has 19 heavy (non-hydrogen) atoms. The van der Waals surface area contributed by atoms with Crippen molar-refractivity contribution in [3.63, 3.8) is 0 Å². The zero-order valence-electron chi connectivity index (χ0n) is 11.2. The van der Waals surface area contributed by atoms with E-state index in [1.165, 1.54) is 0 Å². The molecular weight excluding hydrogens is 284 g/mol. The van der Waals surface area contributed by atoms with Gasteiger partial charge in [-0.3, -0.25) is 0 Å². The van der Waals surface area contributed by atoms with E-state index in [1.807, 2.05) is 20.0 Å². The van der Waals surface area contributed by atoms with E-state index in [1.54, 1.807) is 16.4 Å². The molecule has 0 aliphatic carbocycles. The molecule has 0 amide bonds. The molecule has 0 bridgehead atoms. The number of nitrogens with zero attached hydrogens (tertiary/aromatic N) is 1. The first-order valence-electron chi connectivity index (χ1n) is 6.40. The normalized spacial score (nSPS) is 20.9. The average molecular weight is 303 g/mol. The van der Waals surface area contributed by atoms with Gasteiger partial charge in [0, 0.05) is 19.1 Å². The summed E-state index contributed by atoms with van der Waals surface area (Å²) in [5.41, 5.74) is 0.784. The number of benzene rings is 1.